The first-order chi connectivity index (χ1) is 12.1. The fourth-order valence-corrected chi connectivity index (χ4v) is 3.77. The molecular weight excluding hydrogens is 338 g/mol. The highest BCUT2D eigenvalue weighted by Gasteiger charge is 2.32. The molecule has 1 aromatic heterocycles. The minimum Gasteiger partial charge on any atom is -0.493 e. The standard InChI is InChI=1S/C18H23N3O3S/c1-10-16(17(22)21-13(9-19)11-4-5-11)25-18(20-10)12-6-7-14(23-2)15(8-12)24-3/h6-8,11,13H,4-5,9,19H2,1-3H3,(H,21,22). The molecule has 0 saturated heterocycles. The lowest BCUT2D eigenvalue weighted by atomic mass is 10.2. The van der Waals surface area contributed by atoms with Gasteiger partial charge in [0.05, 0.1) is 19.9 Å². The minimum atomic E-state index is -0.0934. The maximum absolute atomic E-state index is 12.6. The molecule has 0 aliphatic heterocycles. The Morgan fingerprint density at radius 2 is 2.08 bits per heavy atom. The number of aromatic nitrogens is 1. The first-order valence-corrected chi connectivity index (χ1v) is 9.09. The van der Waals surface area contributed by atoms with Crippen molar-refractivity contribution in [3.8, 4) is 22.1 Å². The lowest BCUT2D eigenvalue weighted by Gasteiger charge is -2.15. The Bertz CT molecular complexity index is 771. The zero-order valence-corrected chi connectivity index (χ0v) is 15.5. The van der Waals surface area contributed by atoms with Gasteiger partial charge in [-0.25, -0.2) is 4.98 Å². The van der Waals surface area contributed by atoms with E-state index in [1.165, 1.54) is 11.3 Å². The third-order valence-electron chi connectivity index (χ3n) is 4.39. The second kappa shape index (κ2) is 7.41. The van der Waals surface area contributed by atoms with Gasteiger partial charge in [0, 0.05) is 18.2 Å². The summed E-state index contributed by atoms with van der Waals surface area (Å²) >= 11 is 1.38. The number of methoxy groups -OCH3 is 2. The van der Waals surface area contributed by atoms with Gasteiger partial charge in [-0.05, 0) is 43.9 Å². The van der Waals surface area contributed by atoms with Crippen molar-refractivity contribution in [3.63, 3.8) is 0 Å². The largest absolute Gasteiger partial charge is 0.493 e. The van der Waals surface area contributed by atoms with Crippen molar-refractivity contribution in [2.45, 2.75) is 25.8 Å². The quantitative estimate of drug-likeness (QED) is 0.792. The van der Waals surface area contributed by atoms with E-state index in [0.29, 0.717) is 28.8 Å². The number of benzene rings is 1. The number of carbonyl (C=O) groups excluding carboxylic acids is 1. The van der Waals surface area contributed by atoms with E-state index in [9.17, 15) is 4.79 Å². The maximum atomic E-state index is 12.6. The van der Waals surface area contributed by atoms with E-state index in [1.807, 2.05) is 25.1 Å². The van der Waals surface area contributed by atoms with E-state index in [0.717, 1.165) is 29.1 Å². The second-order valence-electron chi connectivity index (χ2n) is 6.16. The molecule has 0 spiro atoms. The van der Waals surface area contributed by atoms with Gasteiger partial charge in [0.25, 0.3) is 5.91 Å². The number of aryl methyl sites for hydroxylation is 1. The van der Waals surface area contributed by atoms with Crippen LogP contribution in [0, 0.1) is 12.8 Å². The molecule has 1 amide bonds. The molecule has 0 bridgehead atoms. The highest BCUT2D eigenvalue weighted by molar-refractivity contribution is 7.17. The van der Waals surface area contributed by atoms with Crippen molar-refractivity contribution in [3.05, 3.63) is 28.8 Å². The first kappa shape index (κ1) is 17.7. The Labute approximate surface area is 151 Å². The summed E-state index contributed by atoms with van der Waals surface area (Å²) in [4.78, 5) is 17.8. The highest BCUT2D eigenvalue weighted by atomic mass is 32.1. The zero-order valence-electron chi connectivity index (χ0n) is 14.7. The number of nitrogens with two attached hydrogens (primary N) is 1. The van der Waals surface area contributed by atoms with Crippen LogP contribution in [0.15, 0.2) is 18.2 Å². The van der Waals surface area contributed by atoms with Crippen LogP contribution in [0.3, 0.4) is 0 Å². The molecule has 1 aromatic carbocycles. The van der Waals surface area contributed by atoms with Gasteiger partial charge in [-0.15, -0.1) is 11.3 Å². The van der Waals surface area contributed by atoms with E-state index in [-0.39, 0.29) is 11.9 Å². The van der Waals surface area contributed by atoms with Crippen molar-refractivity contribution in [2.75, 3.05) is 20.8 Å². The summed E-state index contributed by atoms with van der Waals surface area (Å²) in [5.41, 5.74) is 7.39. The Morgan fingerprint density at radius 3 is 2.68 bits per heavy atom. The fourth-order valence-electron chi connectivity index (χ4n) is 2.80. The molecule has 2 aromatic rings. The number of rotatable bonds is 7. The number of thiazole rings is 1. The number of nitrogens with zero attached hydrogens (tertiary/aromatic N) is 1. The summed E-state index contributed by atoms with van der Waals surface area (Å²) in [7, 11) is 3.19. The summed E-state index contributed by atoms with van der Waals surface area (Å²) in [6.45, 7) is 2.32. The lowest BCUT2D eigenvalue weighted by molar-refractivity contribution is 0.0937. The van der Waals surface area contributed by atoms with Crippen molar-refractivity contribution in [1.82, 2.24) is 10.3 Å². The molecular formula is C18H23N3O3S. The Kier molecular flexibility index (Phi) is 5.24. The number of carbonyl (C=O) groups is 1. The molecule has 3 rings (SSSR count). The highest BCUT2D eigenvalue weighted by Crippen LogP contribution is 2.35. The predicted molar refractivity (Wildman–Crippen MR) is 98.4 cm³/mol. The van der Waals surface area contributed by atoms with Gasteiger partial charge in [0.1, 0.15) is 9.88 Å². The van der Waals surface area contributed by atoms with Crippen molar-refractivity contribution in [1.29, 1.82) is 0 Å². The van der Waals surface area contributed by atoms with Gasteiger partial charge >= 0.3 is 0 Å². The molecule has 3 N–H and O–H groups in total. The molecule has 0 radical (unpaired) electrons. The van der Waals surface area contributed by atoms with Gasteiger partial charge in [-0.3, -0.25) is 4.79 Å². The summed E-state index contributed by atoms with van der Waals surface area (Å²) in [6, 6.07) is 5.67. The van der Waals surface area contributed by atoms with E-state index < -0.39 is 0 Å². The van der Waals surface area contributed by atoms with Crippen LogP contribution in [0.25, 0.3) is 10.6 Å². The molecule has 1 fully saturated rings. The molecule has 1 heterocycles. The number of hydrogen-bond acceptors (Lipinski definition) is 6. The van der Waals surface area contributed by atoms with Crippen molar-refractivity contribution in [2.24, 2.45) is 11.7 Å². The van der Waals surface area contributed by atoms with E-state index in [1.54, 1.807) is 14.2 Å². The molecule has 1 atom stereocenters. The third-order valence-corrected chi connectivity index (χ3v) is 5.60. The van der Waals surface area contributed by atoms with Crippen LogP contribution < -0.4 is 20.5 Å². The van der Waals surface area contributed by atoms with Gasteiger partial charge < -0.3 is 20.5 Å². The van der Waals surface area contributed by atoms with Gasteiger partial charge in [-0.2, -0.15) is 0 Å². The monoisotopic (exact) mass is 361 g/mol. The van der Waals surface area contributed by atoms with Gasteiger partial charge in [0.15, 0.2) is 11.5 Å². The number of nitrogens with one attached hydrogen (secondary N) is 1. The molecule has 1 aliphatic rings. The molecule has 1 unspecified atom stereocenters. The van der Waals surface area contributed by atoms with Crippen LogP contribution in [0.4, 0.5) is 0 Å². The minimum absolute atomic E-state index is 0.0542. The Morgan fingerprint density at radius 1 is 1.36 bits per heavy atom. The smallest absolute Gasteiger partial charge is 0.263 e. The Balaban J connectivity index is 1.83. The SMILES string of the molecule is COc1ccc(-c2nc(C)c(C(=O)NC(CN)C3CC3)s2)cc1OC. The summed E-state index contributed by atoms with van der Waals surface area (Å²) in [5.74, 6) is 1.72. The normalized spacial score (nSPS) is 14.9. The van der Waals surface area contributed by atoms with Crippen molar-refractivity contribution < 1.29 is 14.3 Å². The molecule has 25 heavy (non-hydrogen) atoms. The maximum Gasteiger partial charge on any atom is 0.263 e. The summed E-state index contributed by atoms with van der Waals surface area (Å²) in [6.07, 6.45) is 2.28. The second-order valence-corrected chi connectivity index (χ2v) is 7.16. The number of amides is 1. The van der Waals surface area contributed by atoms with Crippen LogP contribution >= 0.6 is 11.3 Å². The summed E-state index contributed by atoms with van der Waals surface area (Å²) < 4.78 is 10.6. The van der Waals surface area contributed by atoms with E-state index in [4.69, 9.17) is 15.2 Å². The summed E-state index contributed by atoms with van der Waals surface area (Å²) in [5, 5.41) is 3.83. The van der Waals surface area contributed by atoms with Crippen molar-refractivity contribution >= 4 is 17.2 Å². The zero-order chi connectivity index (χ0) is 18.0. The van der Waals surface area contributed by atoms with E-state index in [2.05, 4.69) is 10.3 Å². The first-order valence-electron chi connectivity index (χ1n) is 8.28. The molecule has 6 nitrogen and oxygen atoms in total. The topological polar surface area (TPSA) is 86.5 Å². The Hall–Kier alpha value is -2.12. The lowest BCUT2D eigenvalue weighted by Crippen LogP contribution is -2.41. The third kappa shape index (κ3) is 3.77. The van der Waals surface area contributed by atoms with Crippen LogP contribution in [0.5, 0.6) is 11.5 Å². The van der Waals surface area contributed by atoms with Crippen LogP contribution in [-0.4, -0.2) is 37.7 Å². The molecule has 134 valence electrons. The average Bonchev–Trinajstić information content (AvgIpc) is 3.40. The van der Waals surface area contributed by atoms with E-state index >= 15 is 0 Å². The fraction of sp³-hybridized carbons (Fsp3) is 0.444. The van der Waals surface area contributed by atoms with Gasteiger partial charge in [-0.1, -0.05) is 0 Å². The molecule has 1 saturated carbocycles. The predicted octanol–water partition coefficient (Wildman–Crippen LogP) is 2.60. The number of ether oxygens (including phenoxy) is 2. The van der Waals surface area contributed by atoms with Crippen LogP contribution in [0.1, 0.15) is 28.2 Å². The van der Waals surface area contributed by atoms with Crippen LogP contribution in [-0.2, 0) is 0 Å². The molecule has 7 heteroatoms. The van der Waals surface area contributed by atoms with Gasteiger partial charge in [0.2, 0.25) is 0 Å². The average molecular weight is 361 g/mol. The number of hydrogen-bond donors (Lipinski definition) is 2. The van der Waals surface area contributed by atoms with Crippen LogP contribution in [0.2, 0.25) is 0 Å². The molecule has 1 aliphatic carbocycles.